The van der Waals surface area contributed by atoms with Crippen LogP contribution in [0, 0.1) is 0 Å². The van der Waals surface area contributed by atoms with E-state index in [9.17, 15) is 0 Å². The first kappa shape index (κ1) is 109. The van der Waals surface area contributed by atoms with E-state index in [0.29, 0.717) is 0 Å². The molecule has 508 valence electrons. The molecule has 0 spiro atoms. The Hall–Kier alpha value is -10.0. The summed E-state index contributed by atoms with van der Waals surface area (Å²) in [6.07, 6.45) is 58.3. The molecule has 3 aliphatic rings. The molecule has 0 saturated carbocycles. The van der Waals surface area contributed by atoms with Gasteiger partial charge in [0.25, 0.3) is 0 Å². The number of aliphatic imine (C=N–C) groups is 2. The summed E-state index contributed by atoms with van der Waals surface area (Å²) in [4.78, 5) is 44.1. The normalized spacial score (nSPS) is 8.26. The monoisotopic (exact) mass is 1260 g/mol. The average molecular weight is 1260 g/mol. The number of pyridine rings is 1. The Balaban J connectivity index is -0.0000000727. The van der Waals surface area contributed by atoms with Crippen molar-refractivity contribution in [2.45, 2.75) is 179 Å². The molecule has 0 radical (unpaired) electrons. The molecule has 2 aliphatic heterocycles. The van der Waals surface area contributed by atoms with Gasteiger partial charge in [-0.2, -0.15) is 35.8 Å². The minimum absolute atomic E-state index is 0.889. The number of aromatic nitrogens is 22. The average Bonchev–Trinajstić information content (AvgIpc) is 4.59. The van der Waals surface area contributed by atoms with Crippen molar-refractivity contribution in [2.24, 2.45) is 9.98 Å². The van der Waals surface area contributed by atoms with Gasteiger partial charge in [-0.15, -0.1) is 15.3 Å². The third-order valence-corrected chi connectivity index (χ3v) is 5.61. The van der Waals surface area contributed by atoms with Gasteiger partial charge >= 0.3 is 0 Å². The number of rotatable bonds is 0. The third kappa shape index (κ3) is 150. The molecule has 9 aromatic rings. The molecule has 0 fully saturated rings. The first-order valence-electron chi connectivity index (χ1n) is 31.4. The lowest BCUT2D eigenvalue weighted by molar-refractivity contribution is 0.865. The molecule has 0 aromatic carbocycles. The minimum atomic E-state index is 0.889. The quantitative estimate of drug-likeness (QED) is 0.142. The van der Waals surface area contributed by atoms with Gasteiger partial charge in [-0.05, 0) is 54.1 Å². The highest BCUT2D eigenvalue weighted by molar-refractivity contribution is 5.73. The van der Waals surface area contributed by atoms with Crippen molar-refractivity contribution in [1.29, 1.82) is 0 Å². The molecule has 12 rings (SSSR count). The molecule has 24 nitrogen and oxygen atoms in total. The summed E-state index contributed by atoms with van der Waals surface area (Å²) in [5.41, 5.74) is 0. The summed E-state index contributed by atoms with van der Waals surface area (Å²) in [6, 6.07) is 12.9. The first-order valence-corrected chi connectivity index (χ1v) is 31.4. The van der Waals surface area contributed by atoms with E-state index in [2.05, 4.69) is 146 Å². The van der Waals surface area contributed by atoms with Gasteiger partial charge in [-0.25, -0.2) is 34.9 Å². The van der Waals surface area contributed by atoms with Gasteiger partial charge in [0.1, 0.15) is 44.3 Å². The fraction of sp³-hybridized carbons (Fsp3) is 0.403. The first-order chi connectivity index (χ1) is 45.5. The maximum atomic E-state index is 3.85. The van der Waals surface area contributed by atoms with E-state index in [1.54, 1.807) is 117 Å². The number of hydrogen-bond donors (Lipinski definition) is 2. The van der Waals surface area contributed by atoms with Crippen LogP contribution in [0.15, 0.2) is 245 Å². The standard InChI is InChI=1S/C5H5N.C5H6.3C4H4N2.2C4H5N.3C3H3N3.2C2H3N3.12C2H6/c1-2-4-6-5-3-1;1-2-4-5-3-1;1-2-6-4-3-5-1;1-2-5-4-6-3-1;1-2-4-6-5-3-1;2*1-2-4-5-3-1;1-4-2-6-3-5-1;1-2-5-6-3-4-1;1-2-4-6-5-3-1;1-3-2-5-4-1;1-2-4-5-3-1;12*1-2/h1-5H;1-4H,5H2;3*1-4H;1,3-4H,2H2;1-3H,4H2;3*1-3H;2*1-2H,(H,3,4,5);12*1-2H3. The molecule has 1 aliphatic carbocycles. The van der Waals surface area contributed by atoms with Crippen LogP contribution >= 0.6 is 0 Å². The van der Waals surface area contributed by atoms with Crippen LogP contribution < -0.4 is 0 Å². The van der Waals surface area contributed by atoms with E-state index in [0.717, 1.165) is 19.4 Å². The largest absolute Gasteiger partial charge is 0.289 e. The van der Waals surface area contributed by atoms with E-state index >= 15 is 0 Å². The molecule has 9 aromatic heterocycles. The Kier molecular flexibility index (Phi) is 184. The lowest BCUT2D eigenvalue weighted by Crippen LogP contribution is -1.78. The minimum Gasteiger partial charge on any atom is -0.289 e. The van der Waals surface area contributed by atoms with Gasteiger partial charge < -0.3 is 0 Å². The number of allylic oxidation sites excluding steroid dienone is 6. The van der Waals surface area contributed by atoms with Crippen LogP contribution in [0.1, 0.15) is 179 Å². The van der Waals surface area contributed by atoms with Gasteiger partial charge in [-0.3, -0.25) is 30.0 Å². The lowest BCUT2D eigenvalue weighted by atomic mass is 10.5. The van der Waals surface area contributed by atoms with Crippen LogP contribution in [-0.4, -0.2) is 130 Å². The Morgan fingerprint density at radius 3 is 0.813 bits per heavy atom. The Labute approximate surface area is 551 Å². The summed E-state index contributed by atoms with van der Waals surface area (Å²) in [5, 5.41) is 39.4. The second-order valence-corrected chi connectivity index (χ2v) is 10.4. The number of nitrogens with zero attached hydrogens (tertiary/aromatic N) is 22. The van der Waals surface area contributed by atoms with Gasteiger partial charge in [-0.1, -0.05) is 209 Å². The van der Waals surface area contributed by atoms with E-state index in [1.807, 2.05) is 221 Å². The lowest BCUT2D eigenvalue weighted by Gasteiger charge is -1.70. The summed E-state index contributed by atoms with van der Waals surface area (Å²) in [5.74, 6) is 0. The maximum absolute atomic E-state index is 3.85. The molecular weight excluding hydrogens is 1140 g/mol. The molecule has 24 heteroatoms. The summed E-state index contributed by atoms with van der Waals surface area (Å²) in [6.45, 7) is 48.9. The van der Waals surface area contributed by atoms with Crippen LogP contribution in [-0.2, 0) is 0 Å². The fourth-order valence-corrected chi connectivity index (χ4v) is 3.02. The van der Waals surface area contributed by atoms with Crippen LogP contribution in [0.25, 0.3) is 0 Å². The molecular formula is C67H120N24. The van der Waals surface area contributed by atoms with Crippen LogP contribution in [0.2, 0.25) is 0 Å². The van der Waals surface area contributed by atoms with Crippen molar-refractivity contribution in [1.82, 2.24) is 111 Å². The summed E-state index contributed by atoms with van der Waals surface area (Å²) >= 11 is 0. The molecule has 0 atom stereocenters. The number of H-pyrrole nitrogens is 2. The summed E-state index contributed by atoms with van der Waals surface area (Å²) in [7, 11) is 0. The van der Waals surface area contributed by atoms with E-state index in [-0.39, 0.29) is 0 Å². The molecule has 2 N–H and O–H groups in total. The van der Waals surface area contributed by atoms with Gasteiger partial charge in [0, 0.05) is 93.2 Å². The molecule has 0 bridgehead atoms. The number of hydrogen-bond acceptors (Lipinski definition) is 22. The van der Waals surface area contributed by atoms with Crippen molar-refractivity contribution >= 4 is 12.4 Å². The van der Waals surface area contributed by atoms with Crippen LogP contribution in [0.3, 0.4) is 0 Å². The molecule has 0 unspecified atom stereocenters. The zero-order valence-electron chi connectivity index (χ0n) is 60.1. The van der Waals surface area contributed by atoms with Gasteiger partial charge in [0.05, 0.1) is 37.5 Å². The highest BCUT2D eigenvalue weighted by atomic mass is 15.3. The zero-order chi connectivity index (χ0) is 71.4. The Morgan fingerprint density at radius 1 is 0.275 bits per heavy atom. The Bertz CT molecular complexity index is 1690. The molecule has 0 saturated heterocycles. The highest BCUT2D eigenvalue weighted by Gasteiger charge is 1.74. The fourth-order valence-electron chi connectivity index (χ4n) is 3.02. The van der Waals surface area contributed by atoms with Crippen molar-refractivity contribution in [3.05, 3.63) is 235 Å². The number of nitrogens with one attached hydrogen (secondary N) is 2. The molecule has 0 amide bonds. The number of aromatic amines is 2. The van der Waals surface area contributed by atoms with Crippen molar-refractivity contribution < 1.29 is 0 Å². The van der Waals surface area contributed by atoms with Crippen molar-refractivity contribution in [3.8, 4) is 0 Å². The Morgan fingerprint density at radius 2 is 0.681 bits per heavy atom. The van der Waals surface area contributed by atoms with E-state index in [1.165, 1.54) is 50.5 Å². The topological polar surface area (TPSA) is 314 Å². The molecule has 91 heavy (non-hydrogen) atoms. The zero-order valence-corrected chi connectivity index (χ0v) is 60.1. The van der Waals surface area contributed by atoms with Crippen LogP contribution in [0.4, 0.5) is 0 Å². The third-order valence-electron chi connectivity index (χ3n) is 5.61. The van der Waals surface area contributed by atoms with Gasteiger partial charge in [0.2, 0.25) is 0 Å². The SMILES string of the molecule is C1=CCC=C1.C1=CCN=C1.C1=CN=CC1.CC.CC.CC.CC.CC.CC.CC.CC.CC.CC.CC.CC.c1ccncc1.c1ccnnc1.c1cn[nH]n1.c1cnccn1.c1cncnc1.c1cnncn1.c1cnnnc1.c1nc[nH]n1.c1ncncn1. The molecule has 11 heterocycles. The van der Waals surface area contributed by atoms with Crippen molar-refractivity contribution in [3.63, 3.8) is 0 Å². The van der Waals surface area contributed by atoms with Crippen LogP contribution in [0.5, 0.6) is 0 Å². The predicted octanol–water partition coefficient (Wildman–Crippen LogP) is 17.2. The van der Waals surface area contributed by atoms with E-state index in [4.69, 9.17) is 0 Å². The maximum Gasteiger partial charge on any atom is 0.138 e. The summed E-state index contributed by atoms with van der Waals surface area (Å²) < 4.78 is 0. The van der Waals surface area contributed by atoms with Gasteiger partial charge in [0.15, 0.2) is 0 Å². The smallest absolute Gasteiger partial charge is 0.138 e. The highest BCUT2D eigenvalue weighted by Crippen LogP contribution is 1.93. The second-order valence-electron chi connectivity index (χ2n) is 10.4. The predicted molar refractivity (Wildman–Crippen MR) is 386 cm³/mol. The van der Waals surface area contributed by atoms with E-state index < -0.39 is 0 Å². The van der Waals surface area contributed by atoms with Crippen molar-refractivity contribution in [2.75, 3.05) is 6.54 Å². The second kappa shape index (κ2) is 154.